The number of carbonyl (C=O) groups excluding carboxylic acids is 1. The Balaban J connectivity index is 1.64. The summed E-state index contributed by atoms with van der Waals surface area (Å²) in [6, 6.07) is 9.91. The van der Waals surface area contributed by atoms with Gasteiger partial charge in [-0.3, -0.25) is 0 Å². The van der Waals surface area contributed by atoms with E-state index < -0.39 is 0 Å². The van der Waals surface area contributed by atoms with Crippen LogP contribution >= 0.6 is 0 Å². The first-order valence-corrected chi connectivity index (χ1v) is 8.99. The zero-order valence-electron chi connectivity index (χ0n) is 15.9. The van der Waals surface area contributed by atoms with Crippen molar-refractivity contribution < 1.29 is 9.53 Å². The number of urea groups is 1. The van der Waals surface area contributed by atoms with E-state index in [1.807, 2.05) is 55.8 Å². The number of benzene rings is 1. The number of amides is 2. The lowest BCUT2D eigenvalue weighted by molar-refractivity contribution is 0.00909. The van der Waals surface area contributed by atoms with E-state index in [0.29, 0.717) is 13.1 Å². The maximum absolute atomic E-state index is 12.6. The van der Waals surface area contributed by atoms with Crippen molar-refractivity contribution in [1.29, 1.82) is 0 Å². The molecule has 140 valence electrons. The minimum atomic E-state index is -0.264. The van der Waals surface area contributed by atoms with Crippen molar-refractivity contribution in [3.05, 3.63) is 41.7 Å². The molecule has 0 saturated carbocycles. The van der Waals surface area contributed by atoms with Gasteiger partial charge in [0, 0.05) is 26.1 Å². The lowest BCUT2D eigenvalue weighted by Crippen LogP contribution is -2.47. The Bertz CT molecular complexity index is 757. The van der Waals surface area contributed by atoms with Gasteiger partial charge in [0.15, 0.2) is 0 Å². The third-order valence-electron chi connectivity index (χ3n) is 4.81. The molecule has 1 aromatic heterocycles. The third kappa shape index (κ3) is 4.04. The maximum atomic E-state index is 12.6. The second-order valence-electron chi connectivity index (χ2n) is 7.42. The summed E-state index contributed by atoms with van der Waals surface area (Å²) in [6.45, 7) is 7.17. The average molecular weight is 357 g/mol. The Labute approximate surface area is 154 Å². The second kappa shape index (κ2) is 7.45. The van der Waals surface area contributed by atoms with Crippen molar-refractivity contribution in [3.8, 4) is 5.69 Å². The number of ether oxygens (including phenoxy) is 1. The van der Waals surface area contributed by atoms with Gasteiger partial charge in [-0.05, 0) is 39.3 Å². The molecule has 1 N–H and O–H groups in total. The monoisotopic (exact) mass is 357 g/mol. The van der Waals surface area contributed by atoms with Gasteiger partial charge in [-0.2, -0.15) is 0 Å². The Morgan fingerprint density at radius 2 is 2.08 bits per heavy atom. The van der Waals surface area contributed by atoms with Crippen LogP contribution in [0.15, 0.2) is 30.3 Å². The molecule has 0 radical (unpaired) electrons. The average Bonchev–Trinajstić information content (AvgIpc) is 3.05. The highest BCUT2D eigenvalue weighted by molar-refractivity contribution is 5.74. The Hall–Kier alpha value is -2.41. The molecule has 2 amide bonds. The van der Waals surface area contributed by atoms with Crippen LogP contribution < -0.4 is 5.32 Å². The highest BCUT2D eigenvalue weighted by atomic mass is 16.5. The molecule has 1 atom stereocenters. The van der Waals surface area contributed by atoms with E-state index in [1.165, 1.54) is 0 Å². The molecule has 0 fully saturated rings. The van der Waals surface area contributed by atoms with E-state index in [2.05, 4.69) is 15.6 Å². The van der Waals surface area contributed by atoms with E-state index in [-0.39, 0.29) is 17.7 Å². The molecule has 2 heterocycles. The number of fused-ring (bicyclic) bond motifs is 1. The van der Waals surface area contributed by atoms with Crippen LogP contribution in [0.2, 0.25) is 0 Å². The molecule has 3 rings (SSSR count). The summed E-state index contributed by atoms with van der Waals surface area (Å²) in [5, 5.41) is 11.6. The normalized spacial score (nSPS) is 15.5. The SMILES string of the molecule is COC(C)(C)CC(C)NC(=O)N1CCc2c(nnn2-c2ccccc2)C1. The Kier molecular flexibility index (Phi) is 5.27. The quantitative estimate of drug-likeness (QED) is 0.892. The lowest BCUT2D eigenvalue weighted by atomic mass is 10.00. The summed E-state index contributed by atoms with van der Waals surface area (Å²) in [7, 11) is 1.69. The molecule has 1 aliphatic heterocycles. The van der Waals surface area contributed by atoms with E-state index in [4.69, 9.17) is 4.74 Å². The molecule has 26 heavy (non-hydrogen) atoms. The van der Waals surface area contributed by atoms with Gasteiger partial charge in [0.25, 0.3) is 0 Å². The van der Waals surface area contributed by atoms with Gasteiger partial charge in [-0.1, -0.05) is 23.4 Å². The summed E-state index contributed by atoms with van der Waals surface area (Å²) in [4.78, 5) is 14.4. The van der Waals surface area contributed by atoms with Crippen LogP contribution in [0.25, 0.3) is 5.69 Å². The van der Waals surface area contributed by atoms with Crippen LogP contribution in [0.1, 0.15) is 38.6 Å². The topological polar surface area (TPSA) is 72.3 Å². The molecule has 0 spiro atoms. The fraction of sp³-hybridized carbons (Fsp3) is 0.526. The summed E-state index contributed by atoms with van der Waals surface area (Å²) >= 11 is 0. The first-order chi connectivity index (χ1) is 12.4. The van der Waals surface area contributed by atoms with Gasteiger partial charge < -0.3 is 15.0 Å². The highest BCUT2D eigenvalue weighted by Gasteiger charge is 2.28. The third-order valence-corrected chi connectivity index (χ3v) is 4.81. The molecule has 1 aromatic carbocycles. The zero-order chi connectivity index (χ0) is 18.7. The van der Waals surface area contributed by atoms with Gasteiger partial charge in [0.05, 0.1) is 23.5 Å². The predicted molar refractivity (Wildman–Crippen MR) is 99.2 cm³/mol. The fourth-order valence-corrected chi connectivity index (χ4v) is 3.33. The lowest BCUT2D eigenvalue weighted by Gasteiger charge is -2.31. The molecule has 7 nitrogen and oxygen atoms in total. The van der Waals surface area contributed by atoms with Gasteiger partial charge in [-0.15, -0.1) is 5.10 Å². The second-order valence-corrected chi connectivity index (χ2v) is 7.42. The summed E-state index contributed by atoms with van der Waals surface area (Å²) in [5.74, 6) is 0. The fourth-order valence-electron chi connectivity index (χ4n) is 3.33. The molecule has 0 aliphatic carbocycles. The first kappa shape index (κ1) is 18.4. The van der Waals surface area contributed by atoms with Gasteiger partial charge in [0.2, 0.25) is 0 Å². The number of para-hydroxylation sites is 1. The minimum absolute atomic E-state index is 0.0267. The number of rotatable bonds is 5. The van der Waals surface area contributed by atoms with Crippen LogP contribution in [-0.2, 0) is 17.7 Å². The van der Waals surface area contributed by atoms with E-state index in [1.54, 1.807) is 12.0 Å². The highest BCUT2D eigenvalue weighted by Crippen LogP contribution is 2.20. The number of aromatic nitrogens is 3. The van der Waals surface area contributed by atoms with E-state index >= 15 is 0 Å². The predicted octanol–water partition coefficient (Wildman–Crippen LogP) is 2.54. The minimum Gasteiger partial charge on any atom is -0.379 e. The largest absolute Gasteiger partial charge is 0.379 e. The molecule has 0 bridgehead atoms. The van der Waals surface area contributed by atoms with Crippen molar-refractivity contribution in [3.63, 3.8) is 0 Å². The summed E-state index contributed by atoms with van der Waals surface area (Å²) in [6.07, 6.45) is 1.49. The van der Waals surface area contributed by atoms with Crippen molar-refractivity contribution >= 4 is 6.03 Å². The van der Waals surface area contributed by atoms with E-state index in [9.17, 15) is 4.79 Å². The Morgan fingerprint density at radius 1 is 1.35 bits per heavy atom. The van der Waals surface area contributed by atoms with E-state index in [0.717, 1.165) is 29.9 Å². The number of methoxy groups -OCH3 is 1. The van der Waals surface area contributed by atoms with Crippen molar-refractivity contribution in [2.45, 2.75) is 51.8 Å². The van der Waals surface area contributed by atoms with Crippen molar-refractivity contribution in [1.82, 2.24) is 25.2 Å². The zero-order valence-corrected chi connectivity index (χ0v) is 15.9. The van der Waals surface area contributed by atoms with Crippen molar-refractivity contribution in [2.75, 3.05) is 13.7 Å². The maximum Gasteiger partial charge on any atom is 0.317 e. The molecule has 0 saturated heterocycles. The van der Waals surface area contributed by atoms with Crippen LogP contribution in [0.5, 0.6) is 0 Å². The molecule has 7 heteroatoms. The number of nitrogens with one attached hydrogen (secondary N) is 1. The molecular formula is C19H27N5O2. The smallest absolute Gasteiger partial charge is 0.317 e. The first-order valence-electron chi connectivity index (χ1n) is 8.99. The van der Waals surface area contributed by atoms with Crippen LogP contribution in [0.3, 0.4) is 0 Å². The number of carbonyl (C=O) groups is 1. The van der Waals surface area contributed by atoms with Gasteiger partial charge >= 0.3 is 6.03 Å². The van der Waals surface area contributed by atoms with Gasteiger partial charge in [0.1, 0.15) is 5.69 Å². The number of hydrogen-bond donors (Lipinski definition) is 1. The number of nitrogens with zero attached hydrogens (tertiary/aromatic N) is 4. The van der Waals surface area contributed by atoms with Gasteiger partial charge in [-0.25, -0.2) is 9.48 Å². The van der Waals surface area contributed by atoms with Crippen LogP contribution in [0, 0.1) is 0 Å². The Morgan fingerprint density at radius 3 is 2.77 bits per heavy atom. The van der Waals surface area contributed by atoms with Crippen LogP contribution in [0.4, 0.5) is 4.79 Å². The van der Waals surface area contributed by atoms with Crippen LogP contribution in [-0.4, -0.2) is 51.2 Å². The van der Waals surface area contributed by atoms with Crippen molar-refractivity contribution in [2.24, 2.45) is 0 Å². The standard InChI is InChI=1S/C19H27N5O2/c1-14(12-19(2,3)26-4)20-18(25)23-11-10-17-16(13-23)21-22-24(17)15-8-6-5-7-9-15/h5-9,14H,10-13H2,1-4H3,(H,20,25). The molecule has 1 aliphatic rings. The molecular weight excluding hydrogens is 330 g/mol. The molecule has 2 aromatic rings. The number of hydrogen-bond acceptors (Lipinski definition) is 4. The summed E-state index contributed by atoms with van der Waals surface area (Å²) in [5.41, 5.74) is 2.67. The summed E-state index contributed by atoms with van der Waals surface area (Å²) < 4.78 is 7.31. The molecule has 1 unspecified atom stereocenters.